The van der Waals surface area contributed by atoms with Gasteiger partial charge in [0.25, 0.3) is 0 Å². The Kier molecular flexibility index (Phi) is 6.07. The van der Waals surface area contributed by atoms with E-state index in [2.05, 4.69) is 5.32 Å². The molecule has 1 aliphatic carbocycles. The maximum absolute atomic E-state index is 12.2. The van der Waals surface area contributed by atoms with Crippen LogP contribution in [0.5, 0.6) is 0 Å². The Morgan fingerprint density at radius 2 is 1.62 bits per heavy atom. The number of carboxylic acid groups (broad SMARTS) is 1. The van der Waals surface area contributed by atoms with E-state index < -0.39 is 29.8 Å². The summed E-state index contributed by atoms with van der Waals surface area (Å²) < 4.78 is 5.30. The van der Waals surface area contributed by atoms with E-state index in [4.69, 9.17) is 9.84 Å². The lowest BCUT2D eigenvalue weighted by molar-refractivity contribution is -0.143. The van der Waals surface area contributed by atoms with Crippen molar-refractivity contribution >= 4 is 24.1 Å². The Hall–Kier alpha value is -3.48. The number of nitrogens with one attached hydrogen (secondary N) is 1. The van der Waals surface area contributed by atoms with Gasteiger partial charge < -0.3 is 20.0 Å². The number of rotatable bonds is 8. The number of ketones is 1. The quantitative estimate of drug-likeness (QED) is 0.525. The topological polar surface area (TPSA) is 110 Å². The van der Waals surface area contributed by atoms with Crippen LogP contribution in [0.3, 0.4) is 0 Å². The first-order valence-corrected chi connectivity index (χ1v) is 9.24. The number of fused-ring (bicyclic) bond motifs is 3. The molecule has 3 rings (SSSR count). The second kappa shape index (κ2) is 8.68. The molecule has 7 nitrogen and oxygen atoms in total. The number of hydrogen-bond donors (Lipinski definition) is 2. The Bertz CT molecular complexity index is 908. The second-order valence-corrected chi connectivity index (χ2v) is 6.99. The fourth-order valence-corrected chi connectivity index (χ4v) is 3.47. The SMILES string of the molecule is CC(CC(=O)[C@H](C=O)NC(=O)OCC1c2ccccc2-c2ccccc21)C(=O)O. The van der Waals surface area contributed by atoms with E-state index in [-0.39, 0.29) is 25.2 Å². The van der Waals surface area contributed by atoms with Gasteiger partial charge >= 0.3 is 12.1 Å². The van der Waals surface area contributed by atoms with Gasteiger partial charge in [-0.25, -0.2) is 4.79 Å². The summed E-state index contributed by atoms with van der Waals surface area (Å²) in [6, 6.07) is 14.3. The molecule has 1 amide bonds. The molecular formula is C22H21NO6. The Labute approximate surface area is 167 Å². The molecular weight excluding hydrogens is 374 g/mol. The predicted octanol–water partition coefficient (Wildman–Crippen LogP) is 2.77. The number of amides is 1. The van der Waals surface area contributed by atoms with E-state index in [1.54, 1.807) is 0 Å². The Morgan fingerprint density at radius 3 is 2.14 bits per heavy atom. The minimum Gasteiger partial charge on any atom is -0.481 e. The van der Waals surface area contributed by atoms with Gasteiger partial charge in [-0.15, -0.1) is 0 Å². The average molecular weight is 395 g/mol. The fraction of sp³-hybridized carbons (Fsp3) is 0.273. The molecule has 0 heterocycles. The number of aldehydes is 1. The molecule has 0 spiro atoms. The van der Waals surface area contributed by atoms with Crippen molar-refractivity contribution in [3.05, 3.63) is 59.7 Å². The summed E-state index contributed by atoms with van der Waals surface area (Å²) in [7, 11) is 0. The maximum Gasteiger partial charge on any atom is 0.408 e. The van der Waals surface area contributed by atoms with Crippen molar-refractivity contribution in [3.63, 3.8) is 0 Å². The number of Topliss-reactive ketones (excluding diaryl/α,β-unsaturated/α-hetero) is 1. The van der Waals surface area contributed by atoms with Gasteiger partial charge in [0.2, 0.25) is 0 Å². The molecule has 2 N–H and O–H groups in total. The fourth-order valence-electron chi connectivity index (χ4n) is 3.47. The number of carboxylic acids is 1. The molecule has 0 saturated heterocycles. The highest BCUT2D eigenvalue weighted by molar-refractivity contribution is 6.01. The smallest absolute Gasteiger partial charge is 0.408 e. The number of ether oxygens (including phenoxy) is 1. The molecule has 0 bridgehead atoms. The molecule has 0 saturated carbocycles. The number of carbonyl (C=O) groups excluding carboxylic acids is 3. The zero-order valence-corrected chi connectivity index (χ0v) is 15.8. The minimum absolute atomic E-state index is 0.0468. The van der Waals surface area contributed by atoms with Crippen molar-refractivity contribution < 1.29 is 29.0 Å². The molecule has 0 radical (unpaired) electrons. The van der Waals surface area contributed by atoms with Crippen LogP contribution in [0.4, 0.5) is 4.79 Å². The van der Waals surface area contributed by atoms with Gasteiger partial charge in [-0.2, -0.15) is 0 Å². The monoisotopic (exact) mass is 395 g/mol. The average Bonchev–Trinajstić information content (AvgIpc) is 3.04. The van der Waals surface area contributed by atoms with E-state index in [0.29, 0.717) is 0 Å². The zero-order valence-electron chi connectivity index (χ0n) is 15.8. The lowest BCUT2D eigenvalue weighted by atomic mass is 9.98. The van der Waals surface area contributed by atoms with Crippen molar-refractivity contribution in [1.29, 1.82) is 0 Å². The highest BCUT2D eigenvalue weighted by atomic mass is 16.5. The van der Waals surface area contributed by atoms with Gasteiger partial charge in [0.15, 0.2) is 5.78 Å². The minimum atomic E-state index is -1.44. The highest BCUT2D eigenvalue weighted by Gasteiger charge is 2.30. The summed E-state index contributed by atoms with van der Waals surface area (Å²) in [5, 5.41) is 11.1. The zero-order chi connectivity index (χ0) is 21.0. The van der Waals surface area contributed by atoms with Gasteiger partial charge in [0.1, 0.15) is 18.9 Å². The van der Waals surface area contributed by atoms with Crippen molar-refractivity contribution in [2.75, 3.05) is 6.61 Å². The van der Waals surface area contributed by atoms with Crippen LogP contribution in [0.25, 0.3) is 11.1 Å². The van der Waals surface area contributed by atoms with Crippen molar-refractivity contribution in [3.8, 4) is 11.1 Å². The van der Waals surface area contributed by atoms with Crippen molar-refractivity contribution in [2.24, 2.45) is 5.92 Å². The predicted molar refractivity (Wildman–Crippen MR) is 104 cm³/mol. The van der Waals surface area contributed by atoms with Crippen LogP contribution in [-0.4, -0.2) is 41.9 Å². The first-order chi connectivity index (χ1) is 13.9. The van der Waals surface area contributed by atoms with E-state index in [1.165, 1.54) is 6.92 Å². The third-order valence-corrected chi connectivity index (χ3v) is 5.03. The van der Waals surface area contributed by atoms with Crippen LogP contribution in [0.2, 0.25) is 0 Å². The van der Waals surface area contributed by atoms with Crippen LogP contribution in [0.1, 0.15) is 30.4 Å². The van der Waals surface area contributed by atoms with Crippen LogP contribution >= 0.6 is 0 Å². The van der Waals surface area contributed by atoms with Gasteiger partial charge in [0, 0.05) is 12.3 Å². The number of aliphatic carboxylic acids is 1. The second-order valence-electron chi connectivity index (χ2n) is 6.99. The molecule has 29 heavy (non-hydrogen) atoms. The highest BCUT2D eigenvalue weighted by Crippen LogP contribution is 2.44. The third-order valence-electron chi connectivity index (χ3n) is 5.03. The lowest BCUT2D eigenvalue weighted by Gasteiger charge is -2.16. The van der Waals surface area contributed by atoms with E-state index in [1.807, 2.05) is 48.5 Å². The standard InChI is InChI=1S/C22H21NO6/c1-13(21(26)27)10-20(25)19(11-24)23-22(28)29-12-18-16-8-4-2-6-14(16)15-7-3-5-9-17(15)18/h2-9,11,13,18-19H,10,12H2,1H3,(H,23,28)(H,26,27)/t13?,19-/m0/s1. The maximum atomic E-state index is 12.2. The molecule has 7 heteroatoms. The van der Waals surface area contributed by atoms with Gasteiger partial charge in [-0.1, -0.05) is 55.5 Å². The van der Waals surface area contributed by atoms with Crippen LogP contribution in [0, 0.1) is 5.92 Å². The molecule has 0 fully saturated rings. The van der Waals surface area contributed by atoms with E-state index >= 15 is 0 Å². The third kappa shape index (κ3) is 4.34. The molecule has 150 valence electrons. The molecule has 1 unspecified atom stereocenters. The number of hydrogen-bond acceptors (Lipinski definition) is 5. The summed E-state index contributed by atoms with van der Waals surface area (Å²) in [5.74, 6) is -2.92. The van der Waals surface area contributed by atoms with Gasteiger partial charge in [0.05, 0.1) is 5.92 Å². The number of alkyl carbamates (subject to hydrolysis) is 1. The first kappa shape index (κ1) is 20.3. The molecule has 0 aromatic heterocycles. The van der Waals surface area contributed by atoms with Gasteiger partial charge in [-0.05, 0) is 22.3 Å². The summed E-state index contributed by atoms with van der Waals surface area (Å²) in [6.07, 6.45) is -0.985. The number of carbonyl (C=O) groups is 4. The Morgan fingerprint density at radius 1 is 1.07 bits per heavy atom. The molecule has 2 atom stereocenters. The van der Waals surface area contributed by atoms with Crippen molar-refractivity contribution in [2.45, 2.75) is 25.3 Å². The Balaban J connectivity index is 1.64. The van der Waals surface area contributed by atoms with E-state index in [9.17, 15) is 19.2 Å². The molecule has 1 aliphatic rings. The normalized spacial score (nSPS) is 14.2. The van der Waals surface area contributed by atoms with Crippen LogP contribution < -0.4 is 5.32 Å². The summed E-state index contributed by atoms with van der Waals surface area (Å²) in [5.41, 5.74) is 4.25. The molecule has 2 aromatic carbocycles. The van der Waals surface area contributed by atoms with Crippen molar-refractivity contribution in [1.82, 2.24) is 5.32 Å². The van der Waals surface area contributed by atoms with Crippen LogP contribution in [-0.2, 0) is 19.1 Å². The summed E-state index contributed by atoms with van der Waals surface area (Å²) >= 11 is 0. The summed E-state index contributed by atoms with van der Waals surface area (Å²) in [6.45, 7) is 1.40. The number of benzene rings is 2. The van der Waals surface area contributed by atoms with Gasteiger partial charge in [-0.3, -0.25) is 9.59 Å². The largest absolute Gasteiger partial charge is 0.481 e. The molecule has 2 aromatic rings. The first-order valence-electron chi connectivity index (χ1n) is 9.24. The molecule has 0 aliphatic heterocycles. The lowest BCUT2D eigenvalue weighted by Crippen LogP contribution is -2.43. The summed E-state index contributed by atoms with van der Waals surface area (Å²) in [4.78, 5) is 46.3. The van der Waals surface area contributed by atoms with Crippen LogP contribution in [0.15, 0.2) is 48.5 Å². The van der Waals surface area contributed by atoms with E-state index in [0.717, 1.165) is 22.3 Å².